The Morgan fingerprint density at radius 1 is 1.17 bits per heavy atom. The van der Waals surface area contributed by atoms with Gasteiger partial charge in [-0.1, -0.05) is 37.3 Å². The number of methoxy groups -OCH3 is 1. The third-order valence-corrected chi connectivity index (χ3v) is 4.29. The molecule has 0 amide bonds. The Balaban J connectivity index is 1.88. The molecule has 2 aromatic carbocycles. The minimum absolute atomic E-state index is 0.244. The van der Waals surface area contributed by atoms with E-state index in [0.717, 1.165) is 29.0 Å². The highest BCUT2D eigenvalue weighted by Crippen LogP contribution is 2.35. The largest absolute Gasteiger partial charge is 0.493 e. The van der Waals surface area contributed by atoms with Crippen molar-refractivity contribution in [3.05, 3.63) is 48.0 Å². The third kappa shape index (κ3) is 3.74. The summed E-state index contributed by atoms with van der Waals surface area (Å²) >= 11 is 0. The second-order valence-electron chi connectivity index (χ2n) is 6.06. The number of ether oxygens (including phenoxy) is 2. The smallest absolute Gasteiger partial charge is 0.454 e. The van der Waals surface area contributed by atoms with Gasteiger partial charge in [0.05, 0.1) is 13.7 Å². The predicted octanol–water partition coefficient (Wildman–Crippen LogP) is 3.75. The molecule has 1 aliphatic rings. The Bertz CT molecular complexity index is 689. The molecule has 0 saturated carbocycles. The summed E-state index contributed by atoms with van der Waals surface area (Å²) in [6.45, 7) is 3.31. The van der Waals surface area contributed by atoms with Gasteiger partial charge in [-0.3, -0.25) is 0 Å². The van der Waals surface area contributed by atoms with Crippen LogP contribution in [-0.2, 0) is 4.65 Å². The van der Waals surface area contributed by atoms with Crippen molar-refractivity contribution >= 4 is 7.12 Å². The van der Waals surface area contributed by atoms with Gasteiger partial charge < -0.3 is 19.2 Å². The van der Waals surface area contributed by atoms with Gasteiger partial charge in [0.1, 0.15) is 0 Å². The average molecular weight is 326 g/mol. The molecule has 5 heteroatoms. The topological polar surface area (TPSA) is 47.9 Å². The molecule has 0 aromatic heterocycles. The monoisotopic (exact) mass is 326 g/mol. The van der Waals surface area contributed by atoms with Crippen LogP contribution < -0.4 is 9.47 Å². The zero-order valence-electron chi connectivity index (χ0n) is 14.2. The Morgan fingerprint density at radius 2 is 2.00 bits per heavy atom. The molecule has 0 bridgehead atoms. The molecule has 1 unspecified atom stereocenters. The first-order chi connectivity index (χ1) is 11.7. The molecular weight excluding hydrogens is 303 g/mol. The van der Waals surface area contributed by atoms with E-state index in [2.05, 4.69) is 25.1 Å². The lowest BCUT2D eigenvalue weighted by Gasteiger charge is -2.14. The Kier molecular flexibility index (Phi) is 5.43. The van der Waals surface area contributed by atoms with Crippen LogP contribution in [0.1, 0.15) is 24.8 Å². The highest BCUT2D eigenvalue weighted by atomic mass is 16.5. The van der Waals surface area contributed by atoms with Gasteiger partial charge in [-0.25, -0.2) is 0 Å². The molecule has 24 heavy (non-hydrogen) atoms. The van der Waals surface area contributed by atoms with Crippen LogP contribution in [0.5, 0.6) is 11.5 Å². The normalized spacial score (nSPS) is 17.1. The zero-order valence-corrected chi connectivity index (χ0v) is 14.2. The van der Waals surface area contributed by atoms with Gasteiger partial charge in [0.2, 0.25) is 0 Å². The summed E-state index contributed by atoms with van der Waals surface area (Å²) in [5.74, 6) is 1.76. The molecule has 0 radical (unpaired) electrons. The van der Waals surface area contributed by atoms with E-state index in [-0.39, 0.29) is 5.92 Å². The van der Waals surface area contributed by atoms with Crippen molar-refractivity contribution in [3.8, 4) is 22.6 Å². The maximum absolute atomic E-state index is 9.57. The van der Waals surface area contributed by atoms with Crippen LogP contribution in [0, 0.1) is 0 Å². The van der Waals surface area contributed by atoms with E-state index in [1.807, 2.05) is 24.3 Å². The van der Waals surface area contributed by atoms with Crippen molar-refractivity contribution in [1.82, 2.24) is 0 Å². The van der Waals surface area contributed by atoms with E-state index in [1.165, 1.54) is 5.56 Å². The van der Waals surface area contributed by atoms with Crippen molar-refractivity contribution < 1.29 is 19.2 Å². The van der Waals surface area contributed by atoms with Gasteiger partial charge >= 0.3 is 7.12 Å². The number of rotatable bonds is 6. The van der Waals surface area contributed by atoms with Gasteiger partial charge in [0, 0.05) is 12.5 Å². The molecule has 126 valence electrons. The lowest BCUT2D eigenvalue weighted by Crippen LogP contribution is -2.07. The first kappa shape index (κ1) is 16.9. The van der Waals surface area contributed by atoms with Crippen LogP contribution in [0.2, 0.25) is 6.32 Å². The van der Waals surface area contributed by atoms with Crippen LogP contribution in [0.15, 0.2) is 42.5 Å². The predicted molar refractivity (Wildman–Crippen MR) is 95.7 cm³/mol. The minimum atomic E-state index is -0.645. The van der Waals surface area contributed by atoms with Gasteiger partial charge in [-0.2, -0.15) is 0 Å². The Hall–Kier alpha value is -1.98. The van der Waals surface area contributed by atoms with Crippen LogP contribution in [0.25, 0.3) is 11.1 Å². The van der Waals surface area contributed by atoms with Crippen molar-refractivity contribution in [2.24, 2.45) is 0 Å². The summed E-state index contributed by atoms with van der Waals surface area (Å²) in [4.78, 5) is 0. The molecule has 2 aromatic rings. The second-order valence-corrected chi connectivity index (χ2v) is 6.06. The lowest BCUT2D eigenvalue weighted by molar-refractivity contribution is 0.292. The van der Waals surface area contributed by atoms with Crippen molar-refractivity contribution in [2.75, 3.05) is 20.3 Å². The summed E-state index contributed by atoms with van der Waals surface area (Å²) in [5, 5.41) is 9.57. The quantitative estimate of drug-likeness (QED) is 0.822. The number of hydrogen-bond donors (Lipinski definition) is 1. The fourth-order valence-corrected chi connectivity index (χ4v) is 2.99. The molecule has 4 nitrogen and oxygen atoms in total. The maximum atomic E-state index is 9.57. The van der Waals surface area contributed by atoms with Crippen molar-refractivity contribution in [1.29, 1.82) is 0 Å². The van der Waals surface area contributed by atoms with Crippen LogP contribution in [-0.4, -0.2) is 32.5 Å². The summed E-state index contributed by atoms with van der Waals surface area (Å²) in [6, 6.07) is 14.4. The number of hydrogen-bond acceptors (Lipinski definition) is 4. The van der Waals surface area contributed by atoms with Crippen LogP contribution in [0.4, 0.5) is 0 Å². The van der Waals surface area contributed by atoms with Crippen LogP contribution >= 0.6 is 0 Å². The lowest BCUT2D eigenvalue weighted by atomic mass is 9.79. The van der Waals surface area contributed by atoms with Crippen LogP contribution in [0.3, 0.4) is 0 Å². The number of benzene rings is 2. The van der Waals surface area contributed by atoms with Crippen molar-refractivity contribution in [3.63, 3.8) is 0 Å². The summed E-state index contributed by atoms with van der Waals surface area (Å²) in [6.07, 6.45) is 1.60. The summed E-state index contributed by atoms with van der Waals surface area (Å²) in [5.41, 5.74) is 3.40. The first-order valence-corrected chi connectivity index (χ1v) is 8.42. The van der Waals surface area contributed by atoms with E-state index in [9.17, 15) is 5.02 Å². The Morgan fingerprint density at radius 3 is 2.71 bits per heavy atom. The molecule has 1 heterocycles. The Labute approximate surface area is 143 Å². The molecule has 1 atom stereocenters. The minimum Gasteiger partial charge on any atom is -0.493 e. The average Bonchev–Trinajstić information content (AvgIpc) is 3.06. The first-order valence-electron chi connectivity index (χ1n) is 8.42. The molecule has 1 aliphatic heterocycles. The highest BCUT2D eigenvalue weighted by Gasteiger charge is 2.29. The molecule has 1 fully saturated rings. The molecule has 3 rings (SSSR count). The van der Waals surface area contributed by atoms with Gasteiger partial charge in [0.25, 0.3) is 0 Å². The van der Waals surface area contributed by atoms with Crippen molar-refractivity contribution in [2.45, 2.75) is 25.6 Å². The molecule has 1 N–H and O–H groups in total. The summed E-state index contributed by atoms with van der Waals surface area (Å²) < 4.78 is 16.5. The van der Waals surface area contributed by atoms with Gasteiger partial charge in [0.15, 0.2) is 11.5 Å². The third-order valence-electron chi connectivity index (χ3n) is 4.29. The molecular formula is C19H23BO4. The van der Waals surface area contributed by atoms with E-state index in [4.69, 9.17) is 14.1 Å². The van der Waals surface area contributed by atoms with E-state index in [1.54, 1.807) is 7.11 Å². The van der Waals surface area contributed by atoms with E-state index >= 15 is 0 Å². The summed E-state index contributed by atoms with van der Waals surface area (Å²) in [7, 11) is 1.01. The highest BCUT2D eigenvalue weighted by molar-refractivity contribution is 6.43. The molecule has 1 saturated heterocycles. The second kappa shape index (κ2) is 7.73. The van der Waals surface area contributed by atoms with E-state index in [0.29, 0.717) is 19.5 Å². The fraction of sp³-hybridized carbons (Fsp3) is 0.368. The standard InChI is InChI=1S/C19H23BO4/c1-3-9-23-19-11-16(7-8-18(19)22-2)14-5-4-6-15(10-14)17-12-20(21)24-13-17/h4-8,10-11,17,21H,3,9,12-13H2,1-2H3. The fourth-order valence-electron chi connectivity index (χ4n) is 2.99. The maximum Gasteiger partial charge on any atom is 0.454 e. The van der Waals surface area contributed by atoms with Gasteiger partial charge in [-0.15, -0.1) is 0 Å². The van der Waals surface area contributed by atoms with Gasteiger partial charge in [-0.05, 0) is 41.6 Å². The zero-order chi connectivity index (χ0) is 16.9. The van der Waals surface area contributed by atoms with E-state index < -0.39 is 7.12 Å². The molecule has 0 spiro atoms. The molecule has 0 aliphatic carbocycles. The SMILES string of the molecule is CCCOc1cc(-c2cccc(C3COB(O)C3)c2)ccc1OC.